The number of hydrogen-bond acceptors (Lipinski definition) is 2. The van der Waals surface area contributed by atoms with Crippen molar-refractivity contribution < 1.29 is 40.3 Å². The fourth-order valence-corrected chi connectivity index (χ4v) is 0.698. The number of ketones is 1. The second-order valence-electron chi connectivity index (χ2n) is 2.65. The van der Waals surface area contributed by atoms with Crippen LogP contribution in [0.3, 0.4) is 0 Å². The highest BCUT2D eigenvalue weighted by molar-refractivity contribution is 5.76. The number of halogens is 7. The summed E-state index contributed by atoms with van der Waals surface area (Å²) < 4.78 is 84.9. The van der Waals surface area contributed by atoms with E-state index in [1.54, 1.807) is 0 Å². The zero-order valence-corrected chi connectivity index (χ0v) is 7.17. The lowest BCUT2D eigenvalue weighted by atomic mass is 10.1. The molecule has 0 N–H and O–H groups in total. The van der Waals surface area contributed by atoms with E-state index in [4.69, 9.17) is 0 Å². The lowest BCUT2D eigenvalue weighted by Crippen LogP contribution is -2.48. The molecule has 0 bridgehead atoms. The average Bonchev–Trinajstić information content (AvgIpc) is 1.75. The number of Topliss-reactive ketones (excluding diaryl/α,β-unsaturated/α-hetero) is 1. The zero-order chi connectivity index (χ0) is 12.5. The Morgan fingerprint density at radius 2 is 1.47 bits per heavy atom. The average molecular weight is 242 g/mol. The Morgan fingerprint density at radius 3 is 1.67 bits per heavy atom. The molecule has 0 unspecified atom stereocenters. The maximum atomic E-state index is 12.8. The van der Waals surface area contributed by atoms with Gasteiger partial charge in [-0.15, -0.1) is 13.2 Å². The van der Waals surface area contributed by atoms with E-state index in [9.17, 15) is 35.5 Å². The number of alkyl halides is 7. The van der Waals surface area contributed by atoms with Gasteiger partial charge in [0.25, 0.3) is 0 Å². The van der Waals surface area contributed by atoms with E-state index in [1.165, 1.54) is 0 Å². The fourth-order valence-electron chi connectivity index (χ4n) is 0.698. The first-order chi connectivity index (χ1) is 6.37. The third-order valence-electron chi connectivity index (χ3n) is 1.18. The van der Waals surface area contributed by atoms with E-state index in [0.29, 0.717) is 6.92 Å². The number of carbonyl (C=O) groups excluding carboxylic acids is 1. The molecule has 0 amide bonds. The van der Waals surface area contributed by atoms with Crippen LogP contribution in [0.4, 0.5) is 30.7 Å². The molecule has 0 aliphatic rings. The summed E-state index contributed by atoms with van der Waals surface area (Å²) in [4.78, 5) is 10.2. The first-order valence-corrected chi connectivity index (χ1v) is 3.39. The van der Waals surface area contributed by atoms with Crippen LogP contribution in [0.2, 0.25) is 0 Å². The quantitative estimate of drug-likeness (QED) is 0.711. The van der Waals surface area contributed by atoms with E-state index in [0.717, 1.165) is 0 Å². The SMILES string of the molecule is CC(=O)C[C@](F)(OC(F)(F)F)C(F)(F)F. The highest BCUT2D eigenvalue weighted by Gasteiger charge is 2.62. The summed E-state index contributed by atoms with van der Waals surface area (Å²) in [7, 11) is 0. The van der Waals surface area contributed by atoms with E-state index in [2.05, 4.69) is 4.74 Å². The predicted octanol–water partition coefficient (Wildman–Crippen LogP) is 2.73. The monoisotopic (exact) mass is 242 g/mol. The van der Waals surface area contributed by atoms with Crippen LogP contribution in [0.15, 0.2) is 0 Å². The molecule has 9 heteroatoms. The summed E-state index contributed by atoms with van der Waals surface area (Å²) in [6, 6.07) is 0. The molecule has 0 rings (SSSR count). The predicted molar refractivity (Wildman–Crippen MR) is 32.3 cm³/mol. The Hall–Kier alpha value is -0.860. The maximum Gasteiger partial charge on any atom is 0.525 e. The van der Waals surface area contributed by atoms with Crippen molar-refractivity contribution in [1.82, 2.24) is 0 Å². The summed E-state index contributed by atoms with van der Waals surface area (Å²) in [6.07, 6.45) is -13.8. The molecule has 90 valence electrons. The molecular weight excluding hydrogens is 237 g/mol. The molecule has 1 atom stereocenters. The zero-order valence-electron chi connectivity index (χ0n) is 7.17. The van der Waals surface area contributed by atoms with Gasteiger partial charge in [0.2, 0.25) is 0 Å². The second-order valence-corrected chi connectivity index (χ2v) is 2.65. The fraction of sp³-hybridized carbons (Fsp3) is 0.833. The van der Waals surface area contributed by atoms with Gasteiger partial charge in [-0.05, 0) is 6.92 Å². The molecule has 2 nitrogen and oxygen atoms in total. The molecule has 0 aromatic rings. The standard InChI is InChI=1S/C6H5F7O2/c1-3(14)2-4(7,5(8,9)10)15-6(11,12)13/h2H2,1H3/t4-/m0/s1. The van der Waals surface area contributed by atoms with Crippen LogP contribution >= 0.6 is 0 Å². The molecule has 0 aliphatic heterocycles. The van der Waals surface area contributed by atoms with Crippen molar-refractivity contribution in [3.8, 4) is 0 Å². The minimum atomic E-state index is -5.94. The van der Waals surface area contributed by atoms with Gasteiger partial charge in [0, 0.05) is 0 Å². The van der Waals surface area contributed by atoms with Crippen molar-refractivity contribution in [2.75, 3.05) is 0 Å². The molecule has 0 radical (unpaired) electrons. The van der Waals surface area contributed by atoms with Crippen molar-refractivity contribution in [1.29, 1.82) is 0 Å². The highest BCUT2D eigenvalue weighted by Crippen LogP contribution is 2.42. The van der Waals surface area contributed by atoms with E-state index in [-0.39, 0.29) is 0 Å². The van der Waals surface area contributed by atoms with E-state index < -0.39 is 30.6 Å². The Morgan fingerprint density at radius 1 is 1.07 bits per heavy atom. The molecule has 0 fully saturated rings. The molecule has 0 saturated carbocycles. The minimum absolute atomic E-state index is 0.514. The van der Waals surface area contributed by atoms with Gasteiger partial charge in [0.1, 0.15) is 5.78 Å². The Kier molecular flexibility index (Phi) is 3.72. The third kappa shape index (κ3) is 4.45. The van der Waals surface area contributed by atoms with E-state index >= 15 is 0 Å². The van der Waals surface area contributed by atoms with Crippen molar-refractivity contribution in [2.24, 2.45) is 0 Å². The highest BCUT2D eigenvalue weighted by atomic mass is 19.4. The smallest absolute Gasteiger partial charge is 0.300 e. The van der Waals surface area contributed by atoms with Crippen molar-refractivity contribution in [2.45, 2.75) is 31.7 Å². The molecule has 0 saturated heterocycles. The van der Waals surface area contributed by atoms with Gasteiger partial charge in [-0.2, -0.15) is 13.2 Å². The normalized spacial score (nSPS) is 17.3. The summed E-state index contributed by atoms with van der Waals surface area (Å²) >= 11 is 0. The molecule has 0 heterocycles. The van der Waals surface area contributed by atoms with Crippen molar-refractivity contribution in [3.05, 3.63) is 0 Å². The molecule has 0 aromatic carbocycles. The molecule has 0 spiro atoms. The Balaban J connectivity index is 4.96. The van der Waals surface area contributed by atoms with Gasteiger partial charge >= 0.3 is 18.4 Å². The van der Waals surface area contributed by atoms with Gasteiger partial charge in [0.05, 0.1) is 6.42 Å². The minimum Gasteiger partial charge on any atom is -0.300 e. The van der Waals surface area contributed by atoms with Gasteiger partial charge in [-0.25, -0.2) is 9.13 Å². The lowest BCUT2D eigenvalue weighted by molar-refractivity contribution is -0.446. The van der Waals surface area contributed by atoms with E-state index in [1.807, 2.05) is 0 Å². The van der Waals surface area contributed by atoms with Crippen LogP contribution < -0.4 is 0 Å². The van der Waals surface area contributed by atoms with Gasteiger partial charge in [-0.3, -0.25) is 4.79 Å². The molecular formula is C6H5F7O2. The van der Waals surface area contributed by atoms with Crippen LogP contribution in [-0.2, 0) is 9.53 Å². The van der Waals surface area contributed by atoms with Crippen LogP contribution in [0.25, 0.3) is 0 Å². The lowest BCUT2D eigenvalue weighted by Gasteiger charge is -2.27. The summed E-state index contributed by atoms with van der Waals surface area (Å²) in [5.74, 6) is -6.45. The Bertz CT molecular complexity index is 243. The van der Waals surface area contributed by atoms with Crippen LogP contribution in [0.5, 0.6) is 0 Å². The van der Waals surface area contributed by atoms with Crippen LogP contribution in [0.1, 0.15) is 13.3 Å². The second kappa shape index (κ2) is 3.95. The molecule has 15 heavy (non-hydrogen) atoms. The number of carbonyl (C=O) groups is 1. The molecule has 0 aliphatic carbocycles. The first-order valence-electron chi connectivity index (χ1n) is 3.39. The van der Waals surface area contributed by atoms with Crippen molar-refractivity contribution in [3.63, 3.8) is 0 Å². The summed E-state index contributed by atoms with van der Waals surface area (Å²) in [5.41, 5.74) is 0. The topological polar surface area (TPSA) is 26.3 Å². The largest absolute Gasteiger partial charge is 0.525 e. The van der Waals surface area contributed by atoms with Gasteiger partial charge in [-0.1, -0.05) is 0 Å². The van der Waals surface area contributed by atoms with Crippen LogP contribution in [-0.4, -0.2) is 24.2 Å². The maximum absolute atomic E-state index is 12.8. The van der Waals surface area contributed by atoms with Gasteiger partial charge < -0.3 is 0 Å². The number of ether oxygens (including phenoxy) is 1. The van der Waals surface area contributed by atoms with Gasteiger partial charge in [0.15, 0.2) is 0 Å². The third-order valence-corrected chi connectivity index (χ3v) is 1.18. The first kappa shape index (κ1) is 14.1. The Labute approximate surface area is 79.0 Å². The number of hydrogen-bond donors (Lipinski definition) is 0. The summed E-state index contributed by atoms with van der Waals surface area (Å²) in [5, 5.41) is 0. The molecule has 0 aromatic heterocycles. The van der Waals surface area contributed by atoms with Crippen molar-refractivity contribution >= 4 is 5.78 Å². The van der Waals surface area contributed by atoms with Crippen LogP contribution in [0, 0.1) is 0 Å². The summed E-state index contributed by atoms with van der Waals surface area (Å²) in [6.45, 7) is 0.514. The number of rotatable bonds is 3.